The molecule has 1 heterocycles. The van der Waals surface area contributed by atoms with E-state index in [0.29, 0.717) is 0 Å². The first-order chi connectivity index (χ1) is 11.0. The summed E-state index contributed by atoms with van der Waals surface area (Å²) in [5.74, 6) is -0.810. The van der Waals surface area contributed by atoms with Crippen molar-refractivity contribution in [3.05, 3.63) is 69.0 Å². The molecule has 0 radical (unpaired) electrons. The molecule has 0 N–H and O–H groups in total. The molecule has 0 aliphatic heterocycles. The Morgan fingerprint density at radius 3 is 2.61 bits per heavy atom. The van der Waals surface area contributed by atoms with E-state index < -0.39 is 29.9 Å². The number of ether oxygens (including phenoxy) is 1. The summed E-state index contributed by atoms with van der Waals surface area (Å²) in [5.41, 5.74) is -0.315. The number of hydrogen-bond donors (Lipinski definition) is 0. The molecule has 1 atom stereocenters. The van der Waals surface area contributed by atoms with Crippen LogP contribution in [0.2, 0.25) is 0 Å². The molecule has 0 saturated carbocycles. The standard InChI is InChI=1S/C16H15N3O4/c1-12(9-17)23-15(21)11-19-14(20)7-8-18(16(19)22)10-13-5-3-2-4-6-13/h2-8,12H,10-11H2,1H3/t12-/m0/s1. The third-order valence-electron chi connectivity index (χ3n) is 3.11. The second-order valence-corrected chi connectivity index (χ2v) is 4.90. The maximum Gasteiger partial charge on any atom is 0.331 e. The van der Waals surface area contributed by atoms with E-state index in [1.165, 1.54) is 23.8 Å². The van der Waals surface area contributed by atoms with Crippen molar-refractivity contribution in [1.82, 2.24) is 9.13 Å². The largest absolute Gasteiger partial charge is 0.446 e. The summed E-state index contributed by atoms with van der Waals surface area (Å²) in [6.45, 7) is 1.16. The number of carbonyl (C=O) groups excluding carboxylic acids is 1. The average Bonchev–Trinajstić information content (AvgIpc) is 2.55. The third kappa shape index (κ3) is 4.17. The van der Waals surface area contributed by atoms with Crippen LogP contribution in [-0.4, -0.2) is 21.2 Å². The van der Waals surface area contributed by atoms with Crippen LogP contribution >= 0.6 is 0 Å². The number of nitriles is 1. The third-order valence-corrected chi connectivity index (χ3v) is 3.11. The van der Waals surface area contributed by atoms with Crippen LogP contribution in [0.5, 0.6) is 0 Å². The lowest BCUT2D eigenvalue weighted by molar-refractivity contribution is -0.146. The van der Waals surface area contributed by atoms with Crippen LogP contribution in [0.4, 0.5) is 0 Å². The molecule has 2 rings (SSSR count). The van der Waals surface area contributed by atoms with E-state index in [4.69, 9.17) is 10.00 Å². The van der Waals surface area contributed by atoms with Crippen LogP contribution in [0.25, 0.3) is 0 Å². The van der Waals surface area contributed by atoms with Crippen molar-refractivity contribution in [1.29, 1.82) is 5.26 Å². The Morgan fingerprint density at radius 1 is 1.26 bits per heavy atom. The van der Waals surface area contributed by atoms with Gasteiger partial charge in [0.15, 0.2) is 6.10 Å². The molecule has 1 aromatic carbocycles. The highest BCUT2D eigenvalue weighted by molar-refractivity contribution is 5.69. The van der Waals surface area contributed by atoms with Gasteiger partial charge < -0.3 is 4.74 Å². The van der Waals surface area contributed by atoms with Crippen LogP contribution in [0.1, 0.15) is 12.5 Å². The summed E-state index contributed by atoms with van der Waals surface area (Å²) in [6.07, 6.45) is 0.450. The second-order valence-electron chi connectivity index (χ2n) is 4.90. The minimum absolute atomic E-state index is 0.281. The molecule has 2 aromatic rings. The fourth-order valence-electron chi connectivity index (χ4n) is 1.99. The van der Waals surface area contributed by atoms with Crippen LogP contribution < -0.4 is 11.2 Å². The van der Waals surface area contributed by atoms with E-state index in [-0.39, 0.29) is 6.54 Å². The molecule has 0 fully saturated rings. The zero-order chi connectivity index (χ0) is 16.8. The topological polar surface area (TPSA) is 94.1 Å². The minimum Gasteiger partial charge on any atom is -0.446 e. The van der Waals surface area contributed by atoms with Crippen molar-refractivity contribution < 1.29 is 9.53 Å². The van der Waals surface area contributed by atoms with Gasteiger partial charge in [0.2, 0.25) is 0 Å². The number of carbonyl (C=O) groups is 1. The van der Waals surface area contributed by atoms with Crippen LogP contribution in [0, 0.1) is 11.3 Å². The van der Waals surface area contributed by atoms with E-state index in [9.17, 15) is 14.4 Å². The molecule has 118 valence electrons. The maximum absolute atomic E-state index is 12.3. The fourth-order valence-corrected chi connectivity index (χ4v) is 1.99. The lowest BCUT2D eigenvalue weighted by Crippen LogP contribution is -2.41. The lowest BCUT2D eigenvalue weighted by atomic mass is 10.2. The van der Waals surface area contributed by atoms with Gasteiger partial charge >= 0.3 is 11.7 Å². The molecule has 0 amide bonds. The Hall–Kier alpha value is -3.14. The molecule has 0 aliphatic rings. The van der Waals surface area contributed by atoms with E-state index >= 15 is 0 Å². The number of esters is 1. The summed E-state index contributed by atoms with van der Waals surface area (Å²) < 4.78 is 6.88. The first-order valence-electron chi connectivity index (χ1n) is 6.94. The van der Waals surface area contributed by atoms with Crippen molar-refractivity contribution >= 4 is 5.97 Å². The van der Waals surface area contributed by atoms with Crippen molar-refractivity contribution in [3.8, 4) is 6.07 Å². The zero-order valence-corrected chi connectivity index (χ0v) is 12.5. The molecule has 23 heavy (non-hydrogen) atoms. The number of hydrogen-bond acceptors (Lipinski definition) is 5. The van der Waals surface area contributed by atoms with Gasteiger partial charge in [-0.2, -0.15) is 5.26 Å². The van der Waals surface area contributed by atoms with E-state index in [2.05, 4.69) is 0 Å². The second kappa shape index (κ2) is 7.22. The van der Waals surface area contributed by atoms with Gasteiger partial charge in [0.25, 0.3) is 5.56 Å². The molecule has 7 nitrogen and oxygen atoms in total. The van der Waals surface area contributed by atoms with Gasteiger partial charge in [-0.05, 0) is 12.5 Å². The van der Waals surface area contributed by atoms with Crippen molar-refractivity contribution in [2.45, 2.75) is 26.1 Å². The summed E-state index contributed by atoms with van der Waals surface area (Å²) in [4.78, 5) is 35.8. The monoisotopic (exact) mass is 313 g/mol. The van der Waals surface area contributed by atoms with Crippen LogP contribution in [-0.2, 0) is 22.6 Å². The Kier molecular flexibility index (Phi) is 5.10. The highest BCUT2D eigenvalue weighted by atomic mass is 16.5. The Bertz CT molecular complexity index is 846. The molecule has 7 heteroatoms. The number of benzene rings is 1. The van der Waals surface area contributed by atoms with Crippen molar-refractivity contribution in [2.75, 3.05) is 0 Å². The van der Waals surface area contributed by atoms with Gasteiger partial charge in [0, 0.05) is 12.3 Å². The first kappa shape index (κ1) is 16.2. The smallest absolute Gasteiger partial charge is 0.331 e. The molecule has 0 bridgehead atoms. The Labute approximate surface area is 132 Å². The van der Waals surface area contributed by atoms with Crippen molar-refractivity contribution in [3.63, 3.8) is 0 Å². The van der Waals surface area contributed by atoms with Gasteiger partial charge in [-0.3, -0.25) is 14.2 Å². The molecule has 0 saturated heterocycles. The summed E-state index contributed by atoms with van der Waals surface area (Å²) in [7, 11) is 0. The SMILES string of the molecule is C[C@@H](C#N)OC(=O)Cn1c(=O)ccn(Cc2ccccc2)c1=O. The van der Waals surface area contributed by atoms with E-state index in [0.717, 1.165) is 10.1 Å². The van der Waals surface area contributed by atoms with E-state index in [1.54, 1.807) is 6.07 Å². The maximum atomic E-state index is 12.3. The normalized spacial score (nSPS) is 11.5. The number of rotatable bonds is 5. The summed E-state index contributed by atoms with van der Waals surface area (Å²) >= 11 is 0. The molecular formula is C16H15N3O4. The average molecular weight is 313 g/mol. The lowest BCUT2D eigenvalue weighted by Gasteiger charge is -2.10. The first-order valence-corrected chi connectivity index (χ1v) is 6.94. The summed E-state index contributed by atoms with van der Waals surface area (Å²) in [6, 6.07) is 12.2. The van der Waals surface area contributed by atoms with Gasteiger partial charge in [-0.1, -0.05) is 30.3 Å². The molecule has 0 spiro atoms. The quantitative estimate of drug-likeness (QED) is 0.750. The van der Waals surface area contributed by atoms with Crippen molar-refractivity contribution in [2.24, 2.45) is 0 Å². The Morgan fingerprint density at radius 2 is 1.96 bits per heavy atom. The molecule has 1 aromatic heterocycles. The summed E-state index contributed by atoms with van der Waals surface area (Å²) in [5, 5.41) is 8.61. The number of aromatic nitrogens is 2. The van der Waals surface area contributed by atoms with Gasteiger partial charge in [0.05, 0.1) is 6.54 Å². The molecule has 0 unspecified atom stereocenters. The highest BCUT2D eigenvalue weighted by Crippen LogP contribution is 1.99. The zero-order valence-electron chi connectivity index (χ0n) is 12.5. The fraction of sp³-hybridized carbons (Fsp3) is 0.250. The predicted octanol–water partition coefficient (Wildman–Crippen LogP) is 0.514. The molecule has 0 aliphatic carbocycles. The number of nitrogens with zero attached hydrogens (tertiary/aromatic N) is 3. The van der Waals surface area contributed by atoms with Crippen LogP contribution in [0.3, 0.4) is 0 Å². The minimum atomic E-state index is -0.937. The van der Waals surface area contributed by atoms with Crippen LogP contribution in [0.15, 0.2) is 52.2 Å². The molecular weight excluding hydrogens is 298 g/mol. The van der Waals surface area contributed by atoms with Gasteiger partial charge in [-0.15, -0.1) is 0 Å². The van der Waals surface area contributed by atoms with E-state index in [1.807, 2.05) is 30.3 Å². The van der Waals surface area contributed by atoms with Gasteiger partial charge in [0.1, 0.15) is 12.6 Å². The predicted molar refractivity (Wildman–Crippen MR) is 81.7 cm³/mol. The van der Waals surface area contributed by atoms with Gasteiger partial charge in [-0.25, -0.2) is 9.36 Å². The highest BCUT2D eigenvalue weighted by Gasteiger charge is 2.13. The Balaban J connectivity index is 2.26.